The number of hydrogen-bond donors (Lipinski definition) is 1. The van der Waals surface area contributed by atoms with Gasteiger partial charge < -0.3 is 10.1 Å². The zero-order chi connectivity index (χ0) is 13.3. The molecular weight excluding hydrogens is 234 g/mol. The molecule has 1 atom stereocenters. The predicted octanol–water partition coefficient (Wildman–Crippen LogP) is 3.47. The SMILES string of the molecule is CCCNCC1(CC2Cc3cc(C)ccc3O2)CC1. The average Bonchev–Trinajstić information content (AvgIpc) is 3.01. The smallest absolute Gasteiger partial charge is 0.123 e. The van der Waals surface area contributed by atoms with Crippen LogP contribution in [0.2, 0.25) is 0 Å². The van der Waals surface area contributed by atoms with Gasteiger partial charge in [0.2, 0.25) is 0 Å². The minimum absolute atomic E-state index is 0.405. The lowest BCUT2D eigenvalue weighted by Crippen LogP contribution is -2.29. The highest BCUT2D eigenvalue weighted by atomic mass is 16.5. The second-order valence-corrected chi connectivity index (χ2v) is 6.44. The van der Waals surface area contributed by atoms with Gasteiger partial charge in [0.05, 0.1) is 0 Å². The first-order chi connectivity index (χ1) is 9.21. The van der Waals surface area contributed by atoms with Gasteiger partial charge in [-0.2, -0.15) is 0 Å². The van der Waals surface area contributed by atoms with Crippen molar-refractivity contribution in [1.29, 1.82) is 0 Å². The molecule has 3 rings (SSSR count). The molecule has 1 aliphatic carbocycles. The lowest BCUT2D eigenvalue weighted by Gasteiger charge is -2.20. The summed E-state index contributed by atoms with van der Waals surface area (Å²) in [4.78, 5) is 0. The molecule has 2 aliphatic rings. The number of benzene rings is 1. The van der Waals surface area contributed by atoms with Gasteiger partial charge in [0.15, 0.2) is 0 Å². The van der Waals surface area contributed by atoms with Crippen molar-refractivity contribution >= 4 is 0 Å². The maximum Gasteiger partial charge on any atom is 0.123 e. The quantitative estimate of drug-likeness (QED) is 0.790. The fourth-order valence-electron chi connectivity index (χ4n) is 3.21. The highest BCUT2D eigenvalue weighted by molar-refractivity contribution is 5.40. The van der Waals surface area contributed by atoms with E-state index in [0.29, 0.717) is 11.5 Å². The summed E-state index contributed by atoms with van der Waals surface area (Å²) >= 11 is 0. The summed E-state index contributed by atoms with van der Waals surface area (Å²) in [5, 5.41) is 3.59. The van der Waals surface area contributed by atoms with Crippen LogP contribution in [0.3, 0.4) is 0 Å². The molecule has 1 aromatic rings. The molecule has 104 valence electrons. The molecule has 2 heteroatoms. The van der Waals surface area contributed by atoms with Crippen LogP contribution >= 0.6 is 0 Å². The summed E-state index contributed by atoms with van der Waals surface area (Å²) in [5.74, 6) is 1.12. The number of aryl methyl sites for hydroxylation is 1. The van der Waals surface area contributed by atoms with Crippen molar-refractivity contribution in [3.05, 3.63) is 29.3 Å². The van der Waals surface area contributed by atoms with Crippen molar-refractivity contribution in [2.45, 2.75) is 52.1 Å². The van der Waals surface area contributed by atoms with Crippen LogP contribution in [0.25, 0.3) is 0 Å². The second kappa shape index (κ2) is 5.16. The van der Waals surface area contributed by atoms with Crippen LogP contribution in [-0.2, 0) is 6.42 Å². The van der Waals surface area contributed by atoms with Gasteiger partial charge in [-0.15, -0.1) is 0 Å². The van der Waals surface area contributed by atoms with Crippen molar-refractivity contribution in [2.24, 2.45) is 5.41 Å². The van der Waals surface area contributed by atoms with Gasteiger partial charge in [-0.25, -0.2) is 0 Å². The molecule has 19 heavy (non-hydrogen) atoms. The third-order valence-electron chi connectivity index (χ3n) is 4.50. The van der Waals surface area contributed by atoms with Gasteiger partial charge in [-0.1, -0.05) is 24.6 Å². The lowest BCUT2D eigenvalue weighted by molar-refractivity contribution is 0.184. The molecule has 0 amide bonds. The Labute approximate surface area is 116 Å². The Morgan fingerprint density at radius 3 is 2.95 bits per heavy atom. The van der Waals surface area contributed by atoms with Crippen LogP contribution in [0, 0.1) is 12.3 Å². The van der Waals surface area contributed by atoms with Gasteiger partial charge >= 0.3 is 0 Å². The Bertz CT molecular complexity index is 451. The maximum absolute atomic E-state index is 6.12. The van der Waals surface area contributed by atoms with Crippen LogP contribution < -0.4 is 10.1 Å². The third kappa shape index (κ3) is 2.94. The van der Waals surface area contributed by atoms with E-state index in [9.17, 15) is 0 Å². The van der Waals surface area contributed by atoms with Crippen LogP contribution in [0.5, 0.6) is 5.75 Å². The normalized spacial score (nSPS) is 22.9. The molecule has 0 saturated heterocycles. The van der Waals surface area contributed by atoms with E-state index < -0.39 is 0 Å². The molecule has 0 aromatic heterocycles. The topological polar surface area (TPSA) is 21.3 Å². The molecule has 1 unspecified atom stereocenters. The molecule has 1 heterocycles. The Morgan fingerprint density at radius 2 is 2.21 bits per heavy atom. The fourth-order valence-corrected chi connectivity index (χ4v) is 3.21. The Morgan fingerprint density at radius 1 is 1.37 bits per heavy atom. The molecule has 1 saturated carbocycles. The Kier molecular flexibility index (Phi) is 3.53. The van der Waals surface area contributed by atoms with Gasteiger partial charge in [0.25, 0.3) is 0 Å². The van der Waals surface area contributed by atoms with Crippen LogP contribution in [0.15, 0.2) is 18.2 Å². The van der Waals surface area contributed by atoms with E-state index in [1.165, 1.54) is 43.4 Å². The lowest BCUT2D eigenvalue weighted by atomic mass is 9.95. The van der Waals surface area contributed by atoms with E-state index in [1.807, 2.05) is 0 Å². The van der Waals surface area contributed by atoms with E-state index >= 15 is 0 Å². The first-order valence-corrected chi connectivity index (χ1v) is 7.68. The summed E-state index contributed by atoms with van der Waals surface area (Å²) in [6.45, 7) is 6.71. The second-order valence-electron chi connectivity index (χ2n) is 6.44. The van der Waals surface area contributed by atoms with E-state index in [2.05, 4.69) is 37.4 Å². The Hall–Kier alpha value is -1.02. The summed E-state index contributed by atoms with van der Waals surface area (Å²) < 4.78 is 6.12. The van der Waals surface area contributed by atoms with Gasteiger partial charge in [-0.3, -0.25) is 0 Å². The monoisotopic (exact) mass is 259 g/mol. The molecular formula is C17H25NO. The molecule has 2 nitrogen and oxygen atoms in total. The third-order valence-corrected chi connectivity index (χ3v) is 4.50. The van der Waals surface area contributed by atoms with Crippen molar-refractivity contribution in [1.82, 2.24) is 5.32 Å². The van der Waals surface area contributed by atoms with Crippen molar-refractivity contribution in [3.63, 3.8) is 0 Å². The summed E-state index contributed by atoms with van der Waals surface area (Å²) in [7, 11) is 0. The molecule has 0 radical (unpaired) electrons. The number of fused-ring (bicyclic) bond motifs is 1. The molecule has 1 aliphatic heterocycles. The van der Waals surface area contributed by atoms with Crippen molar-refractivity contribution < 1.29 is 4.74 Å². The maximum atomic E-state index is 6.12. The van der Waals surface area contributed by atoms with Gasteiger partial charge in [0, 0.05) is 13.0 Å². The number of hydrogen-bond acceptors (Lipinski definition) is 2. The zero-order valence-electron chi connectivity index (χ0n) is 12.2. The molecule has 1 N–H and O–H groups in total. The largest absolute Gasteiger partial charge is 0.490 e. The van der Waals surface area contributed by atoms with E-state index in [1.54, 1.807) is 0 Å². The van der Waals surface area contributed by atoms with E-state index in [4.69, 9.17) is 4.74 Å². The van der Waals surface area contributed by atoms with E-state index in [0.717, 1.165) is 18.7 Å². The number of rotatable bonds is 6. The van der Waals surface area contributed by atoms with Gasteiger partial charge in [0.1, 0.15) is 11.9 Å². The van der Waals surface area contributed by atoms with Gasteiger partial charge in [-0.05, 0) is 56.2 Å². The molecule has 1 fully saturated rings. The van der Waals surface area contributed by atoms with Crippen LogP contribution in [0.1, 0.15) is 43.7 Å². The van der Waals surface area contributed by atoms with Crippen molar-refractivity contribution in [3.8, 4) is 5.75 Å². The zero-order valence-corrected chi connectivity index (χ0v) is 12.2. The van der Waals surface area contributed by atoms with Crippen molar-refractivity contribution in [2.75, 3.05) is 13.1 Å². The number of ether oxygens (including phenoxy) is 1. The highest BCUT2D eigenvalue weighted by Gasteiger charge is 2.45. The minimum Gasteiger partial charge on any atom is -0.490 e. The summed E-state index contributed by atoms with van der Waals surface area (Å²) in [5.41, 5.74) is 3.28. The fraction of sp³-hybridized carbons (Fsp3) is 0.647. The standard InChI is InChI=1S/C17H25NO/c1-3-8-18-12-17(6-7-17)11-15-10-14-9-13(2)4-5-16(14)19-15/h4-5,9,15,18H,3,6-8,10-12H2,1-2H3. The highest BCUT2D eigenvalue weighted by Crippen LogP contribution is 2.50. The van der Waals surface area contributed by atoms with Crippen LogP contribution in [-0.4, -0.2) is 19.2 Å². The average molecular weight is 259 g/mol. The molecule has 1 aromatic carbocycles. The minimum atomic E-state index is 0.405. The van der Waals surface area contributed by atoms with Crippen LogP contribution in [0.4, 0.5) is 0 Å². The Balaban J connectivity index is 1.55. The first-order valence-electron chi connectivity index (χ1n) is 7.68. The number of nitrogens with one attached hydrogen (secondary N) is 1. The summed E-state index contributed by atoms with van der Waals surface area (Å²) in [6, 6.07) is 6.57. The molecule has 0 spiro atoms. The molecule has 0 bridgehead atoms. The predicted molar refractivity (Wildman–Crippen MR) is 78.7 cm³/mol. The summed E-state index contributed by atoms with van der Waals surface area (Å²) in [6.07, 6.45) is 6.70. The van der Waals surface area contributed by atoms with E-state index in [-0.39, 0.29) is 0 Å². The first kappa shape index (κ1) is 13.0.